The third-order valence-corrected chi connectivity index (χ3v) is 3.89. The number of para-hydroxylation sites is 1. The minimum Gasteiger partial charge on any atom is -0.319 e. The Balaban J connectivity index is 2.17. The molecule has 0 bridgehead atoms. The van der Waals surface area contributed by atoms with E-state index >= 15 is 0 Å². The molecule has 3 heteroatoms. The minimum atomic E-state index is 0.275. The Morgan fingerprint density at radius 3 is 2.76 bits per heavy atom. The molecule has 1 aliphatic carbocycles. The van der Waals surface area contributed by atoms with E-state index < -0.39 is 0 Å². The molecular formula is C14H12BrNO. The summed E-state index contributed by atoms with van der Waals surface area (Å²) in [5.74, 6) is 0.275. The number of hydrogen-bond donors (Lipinski definition) is 0. The fourth-order valence-corrected chi connectivity index (χ4v) is 2.87. The summed E-state index contributed by atoms with van der Waals surface area (Å²) < 4.78 is 3.17. The summed E-state index contributed by atoms with van der Waals surface area (Å²) in [5, 5.41) is 0. The van der Waals surface area contributed by atoms with E-state index in [0.29, 0.717) is 6.42 Å². The van der Waals surface area contributed by atoms with Crippen LogP contribution in [0.25, 0.3) is 5.69 Å². The molecule has 0 aliphatic heterocycles. The predicted molar refractivity (Wildman–Crippen MR) is 70.7 cm³/mol. The normalized spacial score (nSPS) is 14.8. The average molecular weight is 290 g/mol. The number of Topliss-reactive ketones (excluding diaryl/α,β-unsaturated/α-hetero) is 1. The number of rotatable bonds is 1. The molecule has 86 valence electrons. The van der Waals surface area contributed by atoms with Crippen molar-refractivity contribution in [3.8, 4) is 5.69 Å². The van der Waals surface area contributed by atoms with E-state index in [2.05, 4.69) is 26.6 Å². The third kappa shape index (κ3) is 1.75. The number of nitrogens with zero attached hydrogens (tertiary/aromatic N) is 1. The Kier molecular flexibility index (Phi) is 2.63. The van der Waals surface area contributed by atoms with Gasteiger partial charge in [-0.2, -0.15) is 0 Å². The number of fused-ring (bicyclic) bond motifs is 1. The summed E-state index contributed by atoms with van der Waals surface area (Å²) in [5.41, 5.74) is 3.14. The highest BCUT2D eigenvalue weighted by Crippen LogP contribution is 2.28. The van der Waals surface area contributed by atoms with Crippen LogP contribution in [0.5, 0.6) is 0 Å². The number of carbonyl (C=O) groups is 1. The van der Waals surface area contributed by atoms with Crippen LogP contribution in [0.4, 0.5) is 0 Å². The second kappa shape index (κ2) is 4.15. The molecule has 0 N–H and O–H groups in total. The molecule has 0 radical (unpaired) electrons. The maximum Gasteiger partial charge on any atom is 0.164 e. The lowest BCUT2D eigenvalue weighted by Crippen LogP contribution is -2.12. The van der Waals surface area contributed by atoms with Crippen molar-refractivity contribution in [1.29, 1.82) is 0 Å². The van der Waals surface area contributed by atoms with Crippen molar-refractivity contribution in [3.05, 3.63) is 52.3 Å². The molecule has 0 saturated heterocycles. The quantitative estimate of drug-likeness (QED) is 0.784. The number of hydrogen-bond acceptors (Lipinski definition) is 1. The zero-order chi connectivity index (χ0) is 11.8. The molecule has 2 aromatic rings. The van der Waals surface area contributed by atoms with Gasteiger partial charge in [0, 0.05) is 28.3 Å². The van der Waals surface area contributed by atoms with Crippen molar-refractivity contribution in [2.75, 3.05) is 0 Å². The molecule has 1 aromatic carbocycles. The highest BCUT2D eigenvalue weighted by atomic mass is 79.9. The third-order valence-electron chi connectivity index (χ3n) is 3.22. The standard InChI is InChI=1S/C14H12BrNO/c15-11-4-1-2-5-13(11)16-9-8-10-12(16)6-3-7-14(10)17/h1-2,4-5,8-9H,3,6-7H2. The van der Waals surface area contributed by atoms with Gasteiger partial charge in [0.2, 0.25) is 0 Å². The van der Waals surface area contributed by atoms with Crippen molar-refractivity contribution in [3.63, 3.8) is 0 Å². The molecule has 0 amide bonds. The van der Waals surface area contributed by atoms with Gasteiger partial charge in [-0.05, 0) is 47.0 Å². The van der Waals surface area contributed by atoms with Crippen molar-refractivity contribution in [2.45, 2.75) is 19.3 Å². The van der Waals surface area contributed by atoms with Crippen molar-refractivity contribution < 1.29 is 4.79 Å². The van der Waals surface area contributed by atoms with Gasteiger partial charge in [0.05, 0.1) is 5.69 Å². The van der Waals surface area contributed by atoms with Crippen LogP contribution in [-0.2, 0) is 6.42 Å². The van der Waals surface area contributed by atoms with Gasteiger partial charge in [-0.25, -0.2) is 0 Å². The number of ketones is 1. The van der Waals surface area contributed by atoms with E-state index in [1.165, 1.54) is 0 Å². The van der Waals surface area contributed by atoms with Crippen molar-refractivity contribution >= 4 is 21.7 Å². The van der Waals surface area contributed by atoms with Gasteiger partial charge in [0.1, 0.15) is 0 Å². The fourth-order valence-electron chi connectivity index (χ4n) is 2.40. The van der Waals surface area contributed by atoms with Gasteiger partial charge < -0.3 is 4.57 Å². The molecule has 2 nitrogen and oxygen atoms in total. The summed E-state index contributed by atoms with van der Waals surface area (Å²) in [4.78, 5) is 11.8. The van der Waals surface area contributed by atoms with Crippen molar-refractivity contribution in [1.82, 2.24) is 4.57 Å². The number of benzene rings is 1. The SMILES string of the molecule is O=C1CCCc2c1ccn2-c1ccccc1Br. The van der Waals surface area contributed by atoms with Gasteiger partial charge >= 0.3 is 0 Å². The number of carbonyl (C=O) groups excluding carboxylic acids is 1. The van der Waals surface area contributed by atoms with E-state index in [1.807, 2.05) is 30.5 Å². The Labute approximate surface area is 108 Å². The predicted octanol–water partition coefficient (Wildman–Crippen LogP) is 3.76. The summed E-state index contributed by atoms with van der Waals surface area (Å²) in [6, 6.07) is 10.0. The molecule has 17 heavy (non-hydrogen) atoms. The smallest absolute Gasteiger partial charge is 0.164 e. The topological polar surface area (TPSA) is 22.0 Å². The number of aromatic nitrogens is 1. The maximum atomic E-state index is 11.8. The van der Waals surface area contributed by atoms with E-state index in [9.17, 15) is 4.79 Å². The number of halogens is 1. The summed E-state index contributed by atoms with van der Waals surface area (Å²) in [6.45, 7) is 0. The lowest BCUT2D eigenvalue weighted by molar-refractivity contribution is 0.0972. The van der Waals surface area contributed by atoms with Crippen LogP contribution < -0.4 is 0 Å². The average Bonchev–Trinajstić information content (AvgIpc) is 2.75. The first-order chi connectivity index (χ1) is 8.27. The first kappa shape index (κ1) is 10.8. The van der Waals surface area contributed by atoms with Crippen LogP contribution >= 0.6 is 15.9 Å². The van der Waals surface area contributed by atoms with E-state index in [0.717, 1.165) is 34.3 Å². The van der Waals surface area contributed by atoms with Crippen LogP contribution in [0, 0.1) is 0 Å². The zero-order valence-electron chi connectivity index (χ0n) is 9.32. The zero-order valence-corrected chi connectivity index (χ0v) is 10.9. The van der Waals surface area contributed by atoms with Crippen LogP contribution in [0.3, 0.4) is 0 Å². The second-order valence-corrected chi connectivity index (χ2v) is 5.13. The fraction of sp³-hybridized carbons (Fsp3) is 0.214. The van der Waals surface area contributed by atoms with Gasteiger partial charge in [0.15, 0.2) is 5.78 Å². The molecule has 0 saturated carbocycles. The monoisotopic (exact) mass is 289 g/mol. The molecule has 1 aliphatic rings. The van der Waals surface area contributed by atoms with Gasteiger partial charge in [-0.3, -0.25) is 4.79 Å². The summed E-state index contributed by atoms with van der Waals surface area (Å²) >= 11 is 3.55. The molecule has 0 atom stereocenters. The van der Waals surface area contributed by atoms with Gasteiger partial charge in [-0.15, -0.1) is 0 Å². The van der Waals surface area contributed by atoms with Gasteiger partial charge in [0.25, 0.3) is 0 Å². The molecule has 0 unspecified atom stereocenters. The summed E-state index contributed by atoms with van der Waals surface area (Å²) in [7, 11) is 0. The molecule has 3 rings (SSSR count). The molecule has 0 spiro atoms. The first-order valence-corrected chi connectivity index (χ1v) is 6.55. The lowest BCUT2D eigenvalue weighted by Gasteiger charge is -2.15. The molecular weight excluding hydrogens is 278 g/mol. The van der Waals surface area contributed by atoms with Crippen LogP contribution in [0.1, 0.15) is 28.9 Å². The molecule has 1 aromatic heterocycles. The van der Waals surface area contributed by atoms with Crippen LogP contribution in [0.2, 0.25) is 0 Å². The highest BCUT2D eigenvalue weighted by Gasteiger charge is 2.21. The maximum absolute atomic E-state index is 11.8. The molecule has 0 fully saturated rings. The lowest BCUT2D eigenvalue weighted by atomic mass is 9.97. The van der Waals surface area contributed by atoms with Crippen LogP contribution in [0.15, 0.2) is 41.0 Å². The molecule has 1 heterocycles. The Bertz CT molecular complexity index is 586. The van der Waals surface area contributed by atoms with E-state index in [-0.39, 0.29) is 5.78 Å². The summed E-state index contributed by atoms with van der Waals surface area (Å²) in [6.07, 6.45) is 4.62. The van der Waals surface area contributed by atoms with Crippen LogP contribution in [-0.4, -0.2) is 10.4 Å². The first-order valence-electron chi connectivity index (χ1n) is 5.75. The Hall–Kier alpha value is -1.35. The minimum absolute atomic E-state index is 0.275. The largest absolute Gasteiger partial charge is 0.319 e. The second-order valence-electron chi connectivity index (χ2n) is 4.27. The van der Waals surface area contributed by atoms with E-state index in [4.69, 9.17) is 0 Å². The van der Waals surface area contributed by atoms with Gasteiger partial charge in [-0.1, -0.05) is 12.1 Å². The van der Waals surface area contributed by atoms with E-state index in [1.54, 1.807) is 0 Å². The van der Waals surface area contributed by atoms with Crippen molar-refractivity contribution in [2.24, 2.45) is 0 Å². The Morgan fingerprint density at radius 1 is 1.12 bits per heavy atom. The highest BCUT2D eigenvalue weighted by molar-refractivity contribution is 9.10. The Morgan fingerprint density at radius 2 is 1.94 bits per heavy atom.